The van der Waals surface area contributed by atoms with E-state index in [-0.39, 0.29) is 0 Å². The molecule has 1 saturated heterocycles. The third-order valence-electron chi connectivity index (χ3n) is 4.53. The number of ether oxygens (including phenoxy) is 3. The predicted octanol–water partition coefficient (Wildman–Crippen LogP) is 2.63. The average Bonchev–Trinajstić information content (AvgIpc) is 2.55. The second kappa shape index (κ2) is 6.34. The Morgan fingerprint density at radius 3 is 2.86 bits per heavy atom. The Labute approximate surface area is 126 Å². The second-order valence-corrected chi connectivity index (χ2v) is 5.80. The Morgan fingerprint density at radius 2 is 2.10 bits per heavy atom. The maximum Gasteiger partial charge on any atom is 0.128 e. The minimum atomic E-state index is -0.672. The van der Waals surface area contributed by atoms with Crippen molar-refractivity contribution in [1.29, 1.82) is 0 Å². The van der Waals surface area contributed by atoms with Gasteiger partial charge in [-0.3, -0.25) is 0 Å². The first kappa shape index (κ1) is 14.8. The summed E-state index contributed by atoms with van der Waals surface area (Å²) in [7, 11) is 0. The molecule has 0 bridgehead atoms. The molecule has 0 spiro atoms. The highest BCUT2D eigenvalue weighted by atomic mass is 16.5. The third-order valence-corrected chi connectivity index (χ3v) is 4.53. The molecule has 2 heterocycles. The van der Waals surface area contributed by atoms with Gasteiger partial charge in [0.1, 0.15) is 17.5 Å². The molecule has 4 heteroatoms. The van der Waals surface area contributed by atoms with Crippen LogP contribution >= 0.6 is 0 Å². The van der Waals surface area contributed by atoms with Gasteiger partial charge in [0.25, 0.3) is 0 Å². The van der Waals surface area contributed by atoms with Gasteiger partial charge in [0.2, 0.25) is 0 Å². The molecule has 2 aliphatic heterocycles. The highest BCUT2D eigenvalue weighted by molar-refractivity contribution is 5.45. The van der Waals surface area contributed by atoms with Crippen molar-refractivity contribution in [3.63, 3.8) is 0 Å². The first-order valence-corrected chi connectivity index (χ1v) is 7.91. The number of rotatable bonds is 4. The molecule has 4 nitrogen and oxygen atoms in total. The summed E-state index contributed by atoms with van der Waals surface area (Å²) in [6.45, 7) is 4.55. The lowest BCUT2D eigenvalue weighted by Gasteiger charge is -2.41. The molecule has 2 aliphatic rings. The Hall–Kier alpha value is -1.10. The number of fused-ring (bicyclic) bond motifs is 1. The smallest absolute Gasteiger partial charge is 0.128 e. The minimum Gasteiger partial charge on any atom is -0.493 e. The molecule has 1 N–H and O–H groups in total. The fourth-order valence-corrected chi connectivity index (χ4v) is 3.41. The van der Waals surface area contributed by atoms with Crippen LogP contribution in [0.25, 0.3) is 0 Å². The van der Waals surface area contributed by atoms with E-state index in [1.807, 2.05) is 19.1 Å². The number of aryl methyl sites for hydroxylation is 1. The van der Waals surface area contributed by atoms with E-state index in [0.29, 0.717) is 32.7 Å². The zero-order chi connectivity index (χ0) is 14.7. The Balaban J connectivity index is 1.94. The molecular weight excluding hydrogens is 268 g/mol. The summed E-state index contributed by atoms with van der Waals surface area (Å²) in [4.78, 5) is 0. The van der Waals surface area contributed by atoms with Crippen molar-refractivity contribution in [1.82, 2.24) is 0 Å². The Bertz CT molecular complexity index is 474. The van der Waals surface area contributed by atoms with Crippen molar-refractivity contribution < 1.29 is 19.3 Å². The maximum absolute atomic E-state index is 11.0. The Morgan fingerprint density at radius 1 is 1.29 bits per heavy atom. The van der Waals surface area contributed by atoms with Crippen LogP contribution in [0, 0.1) is 0 Å². The van der Waals surface area contributed by atoms with Crippen molar-refractivity contribution in [2.24, 2.45) is 0 Å². The highest BCUT2D eigenvalue weighted by Crippen LogP contribution is 2.42. The van der Waals surface area contributed by atoms with E-state index in [2.05, 4.69) is 6.07 Å². The highest BCUT2D eigenvalue weighted by Gasteiger charge is 2.42. The molecule has 1 atom stereocenters. The van der Waals surface area contributed by atoms with Gasteiger partial charge in [-0.05, 0) is 25.3 Å². The number of para-hydroxylation sites is 1. The lowest BCUT2D eigenvalue weighted by atomic mass is 9.83. The van der Waals surface area contributed by atoms with E-state index >= 15 is 0 Å². The molecule has 0 saturated carbocycles. The van der Waals surface area contributed by atoms with Crippen LogP contribution < -0.4 is 4.74 Å². The summed E-state index contributed by atoms with van der Waals surface area (Å²) < 4.78 is 17.3. The second-order valence-electron chi connectivity index (χ2n) is 5.80. The molecule has 0 aromatic heterocycles. The number of aliphatic hydroxyl groups excluding tert-OH is 1. The predicted molar refractivity (Wildman–Crippen MR) is 79.6 cm³/mol. The van der Waals surface area contributed by atoms with Gasteiger partial charge in [0.05, 0.1) is 6.61 Å². The fraction of sp³-hybridized carbons (Fsp3) is 0.647. The van der Waals surface area contributed by atoms with Crippen LogP contribution in [0.5, 0.6) is 5.75 Å². The SMILES string of the molecule is CCOC1(C(O)c2cccc3c2OCCC3)CCOCC1. The third kappa shape index (κ3) is 2.80. The normalized spacial score (nSPS) is 22.2. The average molecular weight is 292 g/mol. The van der Waals surface area contributed by atoms with Crippen LogP contribution in [0.4, 0.5) is 0 Å². The Kier molecular flexibility index (Phi) is 4.48. The lowest BCUT2D eigenvalue weighted by Crippen LogP contribution is -2.44. The van der Waals surface area contributed by atoms with Gasteiger partial charge in [0.15, 0.2) is 0 Å². The van der Waals surface area contributed by atoms with E-state index in [4.69, 9.17) is 14.2 Å². The number of hydrogen-bond acceptors (Lipinski definition) is 4. The summed E-state index contributed by atoms with van der Waals surface area (Å²) in [5.41, 5.74) is 1.50. The lowest BCUT2D eigenvalue weighted by molar-refractivity contribution is -0.168. The van der Waals surface area contributed by atoms with Crippen LogP contribution in [0.2, 0.25) is 0 Å². The molecule has 1 aromatic rings. The number of aliphatic hydroxyl groups is 1. The van der Waals surface area contributed by atoms with Crippen LogP contribution in [0.3, 0.4) is 0 Å². The molecular formula is C17H24O4. The van der Waals surface area contributed by atoms with E-state index in [1.165, 1.54) is 5.56 Å². The summed E-state index contributed by atoms with van der Waals surface area (Å²) in [6.07, 6.45) is 2.81. The van der Waals surface area contributed by atoms with Crippen molar-refractivity contribution >= 4 is 0 Å². The van der Waals surface area contributed by atoms with Gasteiger partial charge in [-0.2, -0.15) is 0 Å². The molecule has 0 aliphatic carbocycles. The molecule has 1 fully saturated rings. The molecule has 0 amide bonds. The van der Waals surface area contributed by atoms with Crippen molar-refractivity contribution in [3.05, 3.63) is 29.3 Å². The van der Waals surface area contributed by atoms with Crippen LogP contribution in [-0.2, 0) is 15.9 Å². The van der Waals surface area contributed by atoms with Gasteiger partial charge in [0, 0.05) is 38.2 Å². The molecule has 1 unspecified atom stereocenters. The van der Waals surface area contributed by atoms with Crippen LogP contribution in [0.15, 0.2) is 18.2 Å². The van der Waals surface area contributed by atoms with Crippen LogP contribution in [0.1, 0.15) is 43.4 Å². The molecule has 1 aromatic carbocycles. The largest absolute Gasteiger partial charge is 0.493 e. The monoisotopic (exact) mass is 292 g/mol. The number of hydrogen-bond donors (Lipinski definition) is 1. The molecule has 3 rings (SSSR count). The topological polar surface area (TPSA) is 47.9 Å². The van der Waals surface area contributed by atoms with Gasteiger partial charge in [-0.25, -0.2) is 0 Å². The van der Waals surface area contributed by atoms with E-state index in [1.54, 1.807) is 0 Å². The first-order valence-electron chi connectivity index (χ1n) is 7.91. The maximum atomic E-state index is 11.0. The zero-order valence-corrected chi connectivity index (χ0v) is 12.6. The van der Waals surface area contributed by atoms with Gasteiger partial charge >= 0.3 is 0 Å². The summed E-state index contributed by atoms with van der Waals surface area (Å²) in [5.74, 6) is 0.863. The van der Waals surface area contributed by atoms with Gasteiger partial charge in [-0.15, -0.1) is 0 Å². The zero-order valence-electron chi connectivity index (χ0n) is 12.6. The fourth-order valence-electron chi connectivity index (χ4n) is 3.41. The minimum absolute atomic E-state index is 0.553. The quantitative estimate of drug-likeness (QED) is 0.927. The van der Waals surface area contributed by atoms with Crippen LogP contribution in [-0.4, -0.2) is 37.1 Å². The van der Waals surface area contributed by atoms with Crippen molar-refractivity contribution in [2.45, 2.75) is 44.3 Å². The van der Waals surface area contributed by atoms with Gasteiger partial charge in [-0.1, -0.05) is 18.2 Å². The summed E-state index contributed by atoms with van der Waals surface area (Å²) >= 11 is 0. The molecule has 21 heavy (non-hydrogen) atoms. The van der Waals surface area contributed by atoms with Gasteiger partial charge < -0.3 is 19.3 Å². The van der Waals surface area contributed by atoms with E-state index in [0.717, 1.165) is 30.8 Å². The standard InChI is InChI=1S/C17H24O4/c1-2-21-17(8-11-19-12-9-17)16(18)14-7-3-5-13-6-4-10-20-15(13)14/h3,5,7,16,18H,2,4,6,8-12H2,1H3. The molecule has 116 valence electrons. The van der Waals surface area contributed by atoms with Crippen molar-refractivity contribution in [2.75, 3.05) is 26.4 Å². The first-order chi connectivity index (χ1) is 10.3. The molecule has 0 radical (unpaired) electrons. The summed E-state index contributed by atoms with van der Waals surface area (Å²) in [6, 6.07) is 6.05. The number of benzene rings is 1. The van der Waals surface area contributed by atoms with Crippen molar-refractivity contribution in [3.8, 4) is 5.75 Å². The van der Waals surface area contributed by atoms with E-state index < -0.39 is 11.7 Å². The van der Waals surface area contributed by atoms with E-state index in [9.17, 15) is 5.11 Å². The summed E-state index contributed by atoms with van der Waals surface area (Å²) in [5, 5.41) is 11.0.